The predicted molar refractivity (Wildman–Crippen MR) is 112 cm³/mol. The Morgan fingerprint density at radius 3 is 2.12 bits per heavy atom. The number of hydrogen-bond donors (Lipinski definition) is 0. The summed E-state index contributed by atoms with van der Waals surface area (Å²) in [6, 6.07) is 11.9. The number of sulfonamides is 1. The first-order valence-electron chi connectivity index (χ1n) is 10.2. The second-order valence-electron chi connectivity index (χ2n) is 7.70. The Balaban J connectivity index is 1.50. The molecule has 0 spiro atoms. The van der Waals surface area contributed by atoms with Gasteiger partial charge in [0.05, 0.1) is 4.90 Å². The lowest BCUT2D eigenvalue weighted by Crippen LogP contribution is -2.27. The van der Waals surface area contributed by atoms with Gasteiger partial charge in [0.15, 0.2) is 0 Å². The van der Waals surface area contributed by atoms with E-state index < -0.39 is 16.4 Å². The van der Waals surface area contributed by atoms with Crippen molar-refractivity contribution < 1.29 is 31.1 Å². The van der Waals surface area contributed by atoms with Crippen LogP contribution in [-0.4, -0.2) is 50.0 Å². The SMILES string of the molecule is CN(Cc1ccc(OC(F)(F)F)cc1)C(=O)CCc1ccc(S(=O)(=O)N2CCCC2)cc1. The first-order chi connectivity index (χ1) is 15.0. The van der Waals surface area contributed by atoms with Crippen LogP contribution in [0.2, 0.25) is 0 Å². The summed E-state index contributed by atoms with van der Waals surface area (Å²) in [5, 5.41) is 0. The fourth-order valence-electron chi connectivity index (χ4n) is 3.51. The van der Waals surface area contributed by atoms with Crippen molar-refractivity contribution in [2.75, 3.05) is 20.1 Å². The van der Waals surface area contributed by atoms with Gasteiger partial charge in [-0.1, -0.05) is 24.3 Å². The minimum absolute atomic E-state index is 0.130. The van der Waals surface area contributed by atoms with Crippen LogP contribution < -0.4 is 4.74 Å². The second-order valence-corrected chi connectivity index (χ2v) is 9.63. The molecule has 0 saturated carbocycles. The van der Waals surface area contributed by atoms with Gasteiger partial charge in [-0.25, -0.2) is 8.42 Å². The van der Waals surface area contributed by atoms with Gasteiger partial charge in [-0.3, -0.25) is 4.79 Å². The third-order valence-electron chi connectivity index (χ3n) is 5.26. The first kappa shape index (κ1) is 24.1. The van der Waals surface area contributed by atoms with Crippen LogP contribution in [0.4, 0.5) is 13.2 Å². The van der Waals surface area contributed by atoms with E-state index in [1.165, 1.54) is 33.5 Å². The summed E-state index contributed by atoms with van der Waals surface area (Å²) >= 11 is 0. The lowest BCUT2D eigenvalue weighted by atomic mass is 10.1. The summed E-state index contributed by atoms with van der Waals surface area (Å²) in [7, 11) is -1.84. The predicted octanol–water partition coefficient (Wildman–Crippen LogP) is 3.96. The van der Waals surface area contributed by atoms with Gasteiger partial charge in [-0.15, -0.1) is 13.2 Å². The fourth-order valence-corrected chi connectivity index (χ4v) is 5.02. The zero-order valence-corrected chi connectivity index (χ0v) is 18.5. The number of carbonyl (C=O) groups excluding carboxylic acids is 1. The molecule has 1 saturated heterocycles. The molecule has 174 valence electrons. The third kappa shape index (κ3) is 6.46. The number of ether oxygens (including phenoxy) is 1. The molecule has 2 aromatic rings. The summed E-state index contributed by atoms with van der Waals surface area (Å²) in [6.45, 7) is 1.34. The van der Waals surface area contributed by atoms with Crippen LogP contribution in [0.25, 0.3) is 0 Å². The van der Waals surface area contributed by atoms with Gasteiger partial charge in [0, 0.05) is 33.1 Å². The monoisotopic (exact) mass is 470 g/mol. The van der Waals surface area contributed by atoms with Gasteiger partial charge < -0.3 is 9.64 Å². The smallest absolute Gasteiger partial charge is 0.406 e. The van der Waals surface area contributed by atoms with Crippen molar-refractivity contribution in [1.29, 1.82) is 0 Å². The molecule has 2 aromatic carbocycles. The van der Waals surface area contributed by atoms with E-state index in [-0.39, 0.29) is 29.5 Å². The molecule has 0 aromatic heterocycles. The molecule has 6 nitrogen and oxygen atoms in total. The molecule has 0 bridgehead atoms. The van der Waals surface area contributed by atoms with Crippen molar-refractivity contribution in [2.45, 2.75) is 43.5 Å². The van der Waals surface area contributed by atoms with E-state index in [1.807, 2.05) is 0 Å². The number of rotatable bonds is 8. The Hall–Kier alpha value is -2.59. The molecular weight excluding hydrogens is 445 g/mol. The van der Waals surface area contributed by atoms with Gasteiger partial charge in [-0.2, -0.15) is 4.31 Å². The standard InChI is InChI=1S/C22H25F3N2O4S/c1-26(16-18-4-9-19(10-5-18)31-22(23,24)25)21(28)13-8-17-6-11-20(12-7-17)32(29,30)27-14-2-3-15-27/h4-7,9-12H,2-3,8,13-16H2,1H3. The number of aryl methyl sites for hydroxylation is 1. The molecule has 3 rings (SSSR count). The zero-order valence-electron chi connectivity index (χ0n) is 17.6. The highest BCUT2D eigenvalue weighted by atomic mass is 32.2. The molecule has 1 aliphatic heterocycles. The average molecular weight is 471 g/mol. The minimum Gasteiger partial charge on any atom is -0.406 e. The van der Waals surface area contributed by atoms with Crippen LogP contribution in [-0.2, 0) is 27.8 Å². The van der Waals surface area contributed by atoms with Gasteiger partial charge >= 0.3 is 6.36 Å². The van der Waals surface area contributed by atoms with Crippen LogP contribution in [0.3, 0.4) is 0 Å². The van der Waals surface area contributed by atoms with Crippen molar-refractivity contribution in [3.8, 4) is 5.75 Å². The number of hydrogen-bond acceptors (Lipinski definition) is 4. The van der Waals surface area contributed by atoms with E-state index in [9.17, 15) is 26.4 Å². The Morgan fingerprint density at radius 2 is 1.56 bits per heavy atom. The lowest BCUT2D eigenvalue weighted by Gasteiger charge is -2.18. The van der Waals surface area contributed by atoms with Crippen molar-refractivity contribution in [3.05, 3.63) is 59.7 Å². The quantitative estimate of drug-likeness (QED) is 0.586. The Bertz CT molecular complexity index is 1020. The van der Waals surface area contributed by atoms with Gasteiger partial charge in [-0.05, 0) is 54.7 Å². The summed E-state index contributed by atoms with van der Waals surface area (Å²) < 4.78 is 67.1. The van der Waals surface area contributed by atoms with Gasteiger partial charge in [0.2, 0.25) is 15.9 Å². The number of alkyl halides is 3. The summed E-state index contributed by atoms with van der Waals surface area (Å²) in [5.41, 5.74) is 1.52. The van der Waals surface area contributed by atoms with E-state index in [0.29, 0.717) is 25.1 Å². The van der Waals surface area contributed by atoms with Crippen LogP contribution in [0.5, 0.6) is 5.75 Å². The van der Waals surface area contributed by atoms with Crippen molar-refractivity contribution in [3.63, 3.8) is 0 Å². The molecule has 32 heavy (non-hydrogen) atoms. The van der Waals surface area contributed by atoms with Gasteiger partial charge in [0.1, 0.15) is 5.75 Å². The Labute approximate surface area is 185 Å². The highest BCUT2D eigenvalue weighted by molar-refractivity contribution is 7.89. The molecule has 1 amide bonds. The van der Waals surface area contributed by atoms with Crippen LogP contribution in [0.1, 0.15) is 30.4 Å². The van der Waals surface area contributed by atoms with Crippen molar-refractivity contribution >= 4 is 15.9 Å². The molecule has 0 N–H and O–H groups in total. The third-order valence-corrected chi connectivity index (χ3v) is 7.17. The maximum atomic E-state index is 12.6. The second kappa shape index (κ2) is 9.91. The molecule has 0 unspecified atom stereocenters. The molecule has 1 heterocycles. The normalized spacial score (nSPS) is 15.0. The topological polar surface area (TPSA) is 66.9 Å². The number of nitrogens with zero attached hydrogens (tertiary/aromatic N) is 2. The van der Waals surface area contributed by atoms with E-state index in [0.717, 1.165) is 18.4 Å². The number of halogens is 3. The van der Waals surface area contributed by atoms with Crippen molar-refractivity contribution in [2.24, 2.45) is 0 Å². The summed E-state index contributed by atoms with van der Waals surface area (Å²) in [4.78, 5) is 14.2. The maximum Gasteiger partial charge on any atom is 0.573 e. The molecule has 0 atom stereocenters. The number of benzene rings is 2. The molecule has 1 fully saturated rings. The molecule has 1 aliphatic rings. The average Bonchev–Trinajstić information content (AvgIpc) is 3.28. The zero-order chi connectivity index (χ0) is 23.4. The maximum absolute atomic E-state index is 12.6. The van der Waals surface area contributed by atoms with E-state index >= 15 is 0 Å². The van der Waals surface area contributed by atoms with E-state index in [1.54, 1.807) is 31.3 Å². The summed E-state index contributed by atoms with van der Waals surface area (Å²) in [5.74, 6) is -0.445. The van der Waals surface area contributed by atoms with E-state index in [2.05, 4.69) is 4.74 Å². The number of amides is 1. The molecular formula is C22H25F3N2O4S. The number of carbonyl (C=O) groups is 1. The Morgan fingerprint density at radius 1 is 1.00 bits per heavy atom. The first-order valence-corrected chi connectivity index (χ1v) is 11.7. The largest absolute Gasteiger partial charge is 0.573 e. The van der Waals surface area contributed by atoms with Crippen LogP contribution in [0.15, 0.2) is 53.4 Å². The minimum atomic E-state index is -4.75. The van der Waals surface area contributed by atoms with E-state index in [4.69, 9.17) is 0 Å². The van der Waals surface area contributed by atoms with Gasteiger partial charge in [0.25, 0.3) is 0 Å². The lowest BCUT2D eigenvalue weighted by molar-refractivity contribution is -0.274. The Kier molecular flexibility index (Phi) is 7.45. The molecule has 0 aliphatic carbocycles. The highest BCUT2D eigenvalue weighted by Gasteiger charge is 2.31. The highest BCUT2D eigenvalue weighted by Crippen LogP contribution is 2.23. The van der Waals surface area contributed by atoms with Crippen LogP contribution in [0, 0.1) is 0 Å². The van der Waals surface area contributed by atoms with Crippen LogP contribution >= 0.6 is 0 Å². The van der Waals surface area contributed by atoms with Crippen molar-refractivity contribution in [1.82, 2.24) is 9.21 Å². The fraction of sp³-hybridized carbons (Fsp3) is 0.409. The molecule has 10 heteroatoms. The summed E-state index contributed by atoms with van der Waals surface area (Å²) in [6.07, 6.45) is -2.32. The molecule has 0 radical (unpaired) electrons.